The van der Waals surface area contributed by atoms with E-state index in [9.17, 15) is 14.4 Å². The fourth-order valence-corrected chi connectivity index (χ4v) is 4.19. The van der Waals surface area contributed by atoms with E-state index in [1.54, 1.807) is 61.7 Å². The first kappa shape index (κ1) is 25.8. The molecular formula is C29H31N3O5. The first-order valence-corrected chi connectivity index (χ1v) is 12.3. The molecule has 0 unspecified atom stereocenters. The first-order valence-electron chi connectivity index (χ1n) is 12.3. The van der Waals surface area contributed by atoms with Gasteiger partial charge in [-0.1, -0.05) is 31.2 Å². The van der Waals surface area contributed by atoms with Crippen LogP contribution in [0.15, 0.2) is 72.8 Å². The highest BCUT2D eigenvalue weighted by Gasteiger charge is 2.46. The number of anilines is 2. The van der Waals surface area contributed by atoms with Crippen LogP contribution in [0.2, 0.25) is 0 Å². The van der Waals surface area contributed by atoms with Crippen LogP contribution in [0.3, 0.4) is 0 Å². The number of imide groups is 1. The smallest absolute Gasteiger partial charge is 0.332 e. The molecule has 37 heavy (non-hydrogen) atoms. The van der Waals surface area contributed by atoms with Gasteiger partial charge in [-0.15, -0.1) is 0 Å². The molecule has 1 N–H and O–H groups in total. The molecule has 4 rings (SSSR count). The van der Waals surface area contributed by atoms with Crippen LogP contribution in [-0.2, 0) is 16.1 Å². The van der Waals surface area contributed by atoms with Crippen LogP contribution in [0, 0.1) is 6.92 Å². The van der Waals surface area contributed by atoms with Crippen LogP contribution in [0.5, 0.6) is 11.5 Å². The minimum Gasteiger partial charge on any atom is -0.497 e. The Bertz CT molecular complexity index is 1260. The summed E-state index contributed by atoms with van der Waals surface area (Å²) in [6.07, 6.45) is 0.732. The van der Waals surface area contributed by atoms with Gasteiger partial charge in [0, 0.05) is 12.2 Å². The molecule has 1 atom stereocenters. The van der Waals surface area contributed by atoms with Crippen molar-refractivity contribution in [3.63, 3.8) is 0 Å². The van der Waals surface area contributed by atoms with E-state index in [0.29, 0.717) is 23.7 Å². The van der Waals surface area contributed by atoms with Gasteiger partial charge in [0.2, 0.25) is 5.91 Å². The van der Waals surface area contributed by atoms with Crippen molar-refractivity contribution >= 4 is 29.2 Å². The molecule has 0 bridgehead atoms. The summed E-state index contributed by atoms with van der Waals surface area (Å²) < 4.78 is 10.8. The molecule has 4 amide bonds. The first-order chi connectivity index (χ1) is 17.9. The second kappa shape index (κ2) is 11.6. The lowest BCUT2D eigenvalue weighted by Crippen LogP contribution is -2.37. The molecule has 3 aromatic rings. The number of nitrogens with one attached hydrogen (secondary N) is 1. The Morgan fingerprint density at radius 2 is 1.68 bits per heavy atom. The number of aryl methyl sites for hydroxylation is 1. The summed E-state index contributed by atoms with van der Waals surface area (Å²) in [6.45, 7) is 4.72. The number of methoxy groups -OCH3 is 1. The Morgan fingerprint density at radius 1 is 0.973 bits per heavy atom. The van der Waals surface area contributed by atoms with Crippen LogP contribution < -0.4 is 19.7 Å². The Kier molecular flexibility index (Phi) is 8.08. The van der Waals surface area contributed by atoms with Gasteiger partial charge in [-0.25, -0.2) is 9.69 Å². The monoisotopic (exact) mass is 501 g/mol. The van der Waals surface area contributed by atoms with E-state index in [2.05, 4.69) is 5.32 Å². The van der Waals surface area contributed by atoms with Gasteiger partial charge in [-0.05, 0) is 73.0 Å². The number of amides is 4. The van der Waals surface area contributed by atoms with E-state index in [0.717, 1.165) is 28.2 Å². The average molecular weight is 502 g/mol. The van der Waals surface area contributed by atoms with E-state index in [-0.39, 0.29) is 18.9 Å². The summed E-state index contributed by atoms with van der Waals surface area (Å²) in [6, 6.07) is 20.1. The third-order valence-corrected chi connectivity index (χ3v) is 6.08. The zero-order valence-corrected chi connectivity index (χ0v) is 21.3. The second-order valence-electron chi connectivity index (χ2n) is 8.91. The number of hydrogen-bond acceptors (Lipinski definition) is 5. The van der Waals surface area contributed by atoms with Crippen LogP contribution in [0.4, 0.5) is 16.2 Å². The SMILES string of the molecule is CCCOc1ccc(NC(=O)C[C@@H]2C(=O)N(c3cccc(C)c3)C(=O)N2Cc2ccc(OC)cc2)cc1. The quantitative estimate of drug-likeness (QED) is 0.388. The fraction of sp³-hybridized carbons (Fsp3) is 0.276. The molecule has 0 aromatic heterocycles. The number of carbonyl (C=O) groups excluding carboxylic acids is 3. The molecular weight excluding hydrogens is 470 g/mol. The molecule has 192 valence electrons. The van der Waals surface area contributed by atoms with Gasteiger partial charge in [-0.2, -0.15) is 0 Å². The molecule has 0 aliphatic carbocycles. The minimum absolute atomic E-state index is 0.170. The van der Waals surface area contributed by atoms with Gasteiger partial charge in [-0.3, -0.25) is 9.59 Å². The molecule has 1 saturated heterocycles. The normalized spacial score (nSPS) is 15.2. The number of urea groups is 1. The molecule has 1 aliphatic rings. The van der Waals surface area contributed by atoms with Gasteiger partial charge in [0.15, 0.2) is 0 Å². The molecule has 1 aliphatic heterocycles. The molecule has 0 saturated carbocycles. The predicted molar refractivity (Wildman–Crippen MR) is 142 cm³/mol. The lowest BCUT2D eigenvalue weighted by atomic mass is 10.1. The van der Waals surface area contributed by atoms with Crippen molar-refractivity contribution in [3.8, 4) is 11.5 Å². The zero-order valence-electron chi connectivity index (χ0n) is 21.3. The van der Waals surface area contributed by atoms with Crippen molar-refractivity contribution in [2.45, 2.75) is 39.3 Å². The van der Waals surface area contributed by atoms with Crippen LogP contribution >= 0.6 is 0 Å². The summed E-state index contributed by atoms with van der Waals surface area (Å²) in [5, 5.41) is 2.83. The van der Waals surface area contributed by atoms with Crippen molar-refractivity contribution < 1.29 is 23.9 Å². The van der Waals surface area contributed by atoms with Crippen molar-refractivity contribution in [1.29, 1.82) is 0 Å². The lowest BCUT2D eigenvalue weighted by Gasteiger charge is -2.22. The molecule has 3 aromatic carbocycles. The van der Waals surface area contributed by atoms with E-state index < -0.39 is 18.0 Å². The maximum atomic E-state index is 13.5. The van der Waals surface area contributed by atoms with Crippen molar-refractivity contribution in [1.82, 2.24) is 4.90 Å². The summed E-state index contributed by atoms with van der Waals surface area (Å²) in [5.41, 5.74) is 2.82. The molecule has 1 heterocycles. The summed E-state index contributed by atoms with van der Waals surface area (Å²) in [7, 11) is 1.58. The van der Waals surface area contributed by atoms with Gasteiger partial charge >= 0.3 is 6.03 Å². The third kappa shape index (κ3) is 6.09. The van der Waals surface area contributed by atoms with Crippen molar-refractivity contribution in [2.24, 2.45) is 0 Å². The summed E-state index contributed by atoms with van der Waals surface area (Å²) in [5.74, 6) is 0.619. The Hall–Kier alpha value is -4.33. The van der Waals surface area contributed by atoms with Crippen molar-refractivity contribution in [2.75, 3.05) is 23.9 Å². The highest BCUT2D eigenvalue weighted by atomic mass is 16.5. The maximum Gasteiger partial charge on any atom is 0.332 e. The highest BCUT2D eigenvalue weighted by molar-refractivity contribution is 6.22. The summed E-state index contributed by atoms with van der Waals surface area (Å²) >= 11 is 0. The maximum absolute atomic E-state index is 13.5. The number of hydrogen-bond donors (Lipinski definition) is 1. The Morgan fingerprint density at radius 3 is 2.32 bits per heavy atom. The summed E-state index contributed by atoms with van der Waals surface area (Å²) in [4.78, 5) is 42.6. The largest absolute Gasteiger partial charge is 0.497 e. The van der Waals surface area contributed by atoms with Crippen LogP contribution in [0.25, 0.3) is 0 Å². The fourth-order valence-electron chi connectivity index (χ4n) is 4.19. The van der Waals surface area contributed by atoms with E-state index in [1.165, 1.54) is 4.90 Å². The lowest BCUT2D eigenvalue weighted by molar-refractivity contribution is -0.124. The number of ether oxygens (including phenoxy) is 2. The second-order valence-corrected chi connectivity index (χ2v) is 8.91. The van der Waals surface area contributed by atoms with E-state index in [4.69, 9.17) is 9.47 Å². The predicted octanol–water partition coefficient (Wildman–Crippen LogP) is 5.16. The van der Waals surface area contributed by atoms with Gasteiger partial charge < -0.3 is 19.7 Å². The van der Waals surface area contributed by atoms with Crippen LogP contribution in [0.1, 0.15) is 30.9 Å². The highest BCUT2D eigenvalue weighted by Crippen LogP contribution is 2.29. The number of rotatable bonds is 10. The van der Waals surface area contributed by atoms with Gasteiger partial charge in [0.25, 0.3) is 5.91 Å². The molecule has 8 nitrogen and oxygen atoms in total. The van der Waals surface area contributed by atoms with E-state index in [1.807, 2.05) is 32.0 Å². The Balaban J connectivity index is 1.54. The third-order valence-electron chi connectivity index (χ3n) is 6.08. The molecule has 0 radical (unpaired) electrons. The molecule has 1 fully saturated rings. The number of carbonyl (C=O) groups is 3. The topological polar surface area (TPSA) is 88.2 Å². The molecule has 0 spiro atoms. The Labute approximate surface area is 216 Å². The van der Waals surface area contributed by atoms with Crippen molar-refractivity contribution in [3.05, 3.63) is 83.9 Å². The van der Waals surface area contributed by atoms with Gasteiger partial charge in [0.05, 0.1) is 25.8 Å². The standard InChI is InChI=1S/C29H31N3O5/c1-4-16-37-25-14-10-22(11-15-25)30-27(33)18-26-28(34)32(23-7-5-6-20(2)17-23)29(35)31(26)19-21-8-12-24(36-3)13-9-21/h5-15,17,26H,4,16,18-19H2,1-3H3,(H,30,33)/t26-/m1/s1. The average Bonchev–Trinajstić information content (AvgIpc) is 3.12. The van der Waals surface area contributed by atoms with Gasteiger partial charge in [0.1, 0.15) is 17.5 Å². The van der Waals surface area contributed by atoms with E-state index >= 15 is 0 Å². The molecule has 8 heteroatoms. The number of nitrogens with zero attached hydrogens (tertiary/aromatic N) is 2. The number of benzene rings is 3. The zero-order chi connectivity index (χ0) is 26.4. The minimum atomic E-state index is -0.942. The van der Waals surface area contributed by atoms with Crippen LogP contribution in [-0.4, -0.2) is 42.5 Å².